The summed E-state index contributed by atoms with van der Waals surface area (Å²) in [5.41, 5.74) is -1.20. The molecule has 0 aromatic heterocycles. The van der Waals surface area contributed by atoms with Crippen LogP contribution >= 0.6 is 0 Å². The summed E-state index contributed by atoms with van der Waals surface area (Å²) in [5.74, 6) is -0.329. The smallest absolute Gasteiger partial charge is 0.410 e. The van der Waals surface area contributed by atoms with Gasteiger partial charge in [0.2, 0.25) is 0 Å². The molecular formula is C22H32FNO4. The average molecular weight is 393 g/mol. The van der Waals surface area contributed by atoms with Crippen LogP contribution in [0, 0.1) is 11.7 Å². The Morgan fingerprint density at radius 1 is 1.18 bits per heavy atom. The summed E-state index contributed by atoms with van der Waals surface area (Å²) in [5, 5.41) is 11.9. The first-order chi connectivity index (χ1) is 13.2. The largest absolute Gasteiger partial charge is 0.444 e. The van der Waals surface area contributed by atoms with E-state index in [0.717, 1.165) is 32.1 Å². The number of rotatable bonds is 3. The van der Waals surface area contributed by atoms with Gasteiger partial charge in [-0.2, -0.15) is 0 Å². The number of hydrogen-bond donors (Lipinski definition) is 1. The van der Waals surface area contributed by atoms with Crippen LogP contribution in [0.3, 0.4) is 0 Å². The maximum Gasteiger partial charge on any atom is 0.410 e. The molecule has 1 amide bonds. The summed E-state index contributed by atoms with van der Waals surface area (Å²) in [6.45, 7) is 6.51. The highest BCUT2D eigenvalue weighted by atomic mass is 19.1. The van der Waals surface area contributed by atoms with Crippen molar-refractivity contribution in [2.24, 2.45) is 5.92 Å². The Kier molecular flexibility index (Phi) is 6.30. The van der Waals surface area contributed by atoms with Gasteiger partial charge in [0.05, 0.1) is 13.2 Å². The lowest BCUT2D eigenvalue weighted by molar-refractivity contribution is -0.177. The van der Waals surface area contributed by atoms with Gasteiger partial charge in [0, 0.05) is 6.54 Å². The van der Waals surface area contributed by atoms with E-state index in [4.69, 9.17) is 9.47 Å². The van der Waals surface area contributed by atoms with Crippen LogP contribution < -0.4 is 0 Å². The molecule has 1 aromatic carbocycles. The zero-order valence-electron chi connectivity index (χ0n) is 17.1. The summed E-state index contributed by atoms with van der Waals surface area (Å²) in [6.07, 6.45) is 4.06. The Hall–Kier alpha value is -1.66. The summed E-state index contributed by atoms with van der Waals surface area (Å²) in [4.78, 5) is 14.2. The van der Waals surface area contributed by atoms with Crippen LogP contribution in [0.5, 0.6) is 0 Å². The van der Waals surface area contributed by atoms with Crippen LogP contribution in [0.2, 0.25) is 0 Å². The van der Waals surface area contributed by atoms with Crippen molar-refractivity contribution in [2.75, 3.05) is 19.7 Å². The van der Waals surface area contributed by atoms with Crippen molar-refractivity contribution in [3.05, 3.63) is 35.6 Å². The van der Waals surface area contributed by atoms with Gasteiger partial charge in [-0.15, -0.1) is 0 Å². The second-order valence-corrected chi connectivity index (χ2v) is 8.95. The van der Waals surface area contributed by atoms with E-state index >= 15 is 0 Å². The number of carbonyl (C=O) groups excluding carboxylic acids is 1. The quantitative estimate of drug-likeness (QED) is 0.835. The van der Waals surface area contributed by atoms with Gasteiger partial charge in [0.25, 0.3) is 0 Å². The van der Waals surface area contributed by atoms with Crippen molar-refractivity contribution in [1.29, 1.82) is 0 Å². The number of aliphatic hydroxyl groups is 1. The molecule has 3 rings (SSSR count). The zero-order valence-corrected chi connectivity index (χ0v) is 17.1. The topological polar surface area (TPSA) is 59.0 Å². The third-order valence-corrected chi connectivity index (χ3v) is 5.74. The van der Waals surface area contributed by atoms with Crippen molar-refractivity contribution in [3.63, 3.8) is 0 Å². The number of halogens is 1. The fraction of sp³-hybridized carbons (Fsp3) is 0.682. The highest BCUT2D eigenvalue weighted by Crippen LogP contribution is 2.43. The number of carbonyl (C=O) groups is 1. The van der Waals surface area contributed by atoms with E-state index in [2.05, 4.69) is 0 Å². The molecule has 0 radical (unpaired) electrons. The predicted octanol–water partition coefficient (Wildman–Crippen LogP) is 4.23. The third-order valence-electron chi connectivity index (χ3n) is 5.74. The molecular weight excluding hydrogens is 361 g/mol. The fourth-order valence-electron chi connectivity index (χ4n) is 4.35. The molecule has 5 nitrogen and oxygen atoms in total. The molecule has 1 aromatic rings. The van der Waals surface area contributed by atoms with Crippen LogP contribution in [0.4, 0.5) is 9.18 Å². The van der Waals surface area contributed by atoms with Crippen LogP contribution in [0.25, 0.3) is 0 Å². The molecule has 2 unspecified atom stereocenters. The first kappa shape index (κ1) is 21.1. The molecule has 2 atom stereocenters. The number of morpholine rings is 1. The van der Waals surface area contributed by atoms with Crippen molar-refractivity contribution in [2.45, 2.75) is 70.2 Å². The molecule has 156 valence electrons. The van der Waals surface area contributed by atoms with E-state index in [1.807, 2.05) is 20.8 Å². The van der Waals surface area contributed by atoms with Gasteiger partial charge in [-0.05, 0) is 57.2 Å². The van der Waals surface area contributed by atoms with E-state index in [0.29, 0.717) is 18.7 Å². The summed E-state index contributed by atoms with van der Waals surface area (Å²) in [7, 11) is 0. The minimum atomic E-state index is -1.27. The fourth-order valence-corrected chi connectivity index (χ4v) is 4.35. The van der Waals surface area contributed by atoms with Crippen molar-refractivity contribution in [1.82, 2.24) is 4.90 Å². The standard InChI is InChI=1S/C22H32FNO4/c1-21(2,3)28-20(25)24-13-14-27-19(15-24)22(26,16-7-5-4-6-8-16)17-9-11-18(23)12-10-17/h9-12,16,19,26H,4-8,13-15H2,1-3H3. The third kappa shape index (κ3) is 4.66. The lowest BCUT2D eigenvalue weighted by Crippen LogP contribution is -2.57. The normalized spacial score (nSPS) is 23.9. The summed E-state index contributed by atoms with van der Waals surface area (Å²) >= 11 is 0. The lowest BCUT2D eigenvalue weighted by atomic mass is 9.70. The van der Waals surface area contributed by atoms with Crippen LogP contribution in [0.15, 0.2) is 24.3 Å². The molecule has 1 heterocycles. The van der Waals surface area contributed by atoms with Crippen LogP contribution in [0.1, 0.15) is 58.4 Å². The number of amides is 1. The molecule has 1 aliphatic carbocycles. The van der Waals surface area contributed by atoms with E-state index in [1.54, 1.807) is 17.0 Å². The molecule has 1 saturated carbocycles. The maximum atomic E-state index is 13.5. The molecule has 2 aliphatic rings. The Morgan fingerprint density at radius 3 is 2.43 bits per heavy atom. The zero-order chi connectivity index (χ0) is 20.4. The Balaban J connectivity index is 1.87. The van der Waals surface area contributed by atoms with Crippen molar-refractivity contribution >= 4 is 6.09 Å². The molecule has 28 heavy (non-hydrogen) atoms. The van der Waals surface area contributed by atoms with E-state index in [-0.39, 0.29) is 18.3 Å². The number of hydrogen-bond acceptors (Lipinski definition) is 4. The molecule has 0 bridgehead atoms. The van der Waals surface area contributed by atoms with Gasteiger partial charge in [-0.3, -0.25) is 0 Å². The highest BCUT2D eigenvalue weighted by Gasteiger charge is 2.48. The van der Waals surface area contributed by atoms with Crippen molar-refractivity contribution in [3.8, 4) is 0 Å². The first-order valence-electron chi connectivity index (χ1n) is 10.3. The SMILES string of the molecule is CC(C)(C)OC(=O)N1CCOC(C(O)(c2ccc(F)cc2)C2CCCCC2)C1. The second-order valence-electron chi connectivity index (χ2n) is 8.95. The lowest BCUT2D eigenvalue weighted by Gasteiger charge is -2.47. The van der Waals surface area contributed by atoms with E-state index in [1.165, 1.54) is 12.1 Å². The molecule has 0 spiro atoms. The highest BCUT2D eigenvalue weighted by molar-refractivity contribution is 5.68. The predicted molar refractivity (Wildman–Crippen MR) is 104 cm³/mol. The summed E-state index contributed by atoms with van der Waals surface area (Å²) < 4.78 is 25.0. The van der Waals surface area contributed by atoms with Crippen LogP contribution in [-0.4, -0.2) is 47.5 Å². The van der Waals surface area contributed by atoms with E-state index < -0.39 is 23.4 Å². The van der Waals surface area contributed by atoms with Gasteiger partial charge < -0.3 is 19.5 Å². The minimum absolute atomic E-state index is 0.00953. The molecule has 1 aliphatic heterocycles. The van der Waals surface area contributed by atoms with Crippen LogP contribution in [-0.2, 0) is 15.1 Å². The second kappa shape index (κ2) is 8.37. The van der Waals surface area contributed by atoms with Gasteiger partial charge in [0.1, 0.15) is 23.1 Å². The molecule has 2 fully saturated rings. The van der Waals surface area contributed by atoms with Gasteiger partial charge in [-0.25, -0.2) is 9.18 Å². The van der Waals surface area contributed by atoms with Gasteiger partial charge >= 0.3 is 6.09 Å². The first-order valence-corrected chi connectivity index (χ1v) is 10.3. The number of benzene rings is 1. The molecule has 6 heteroatoms. The monoisotopic (exact) mass is 393 g/mol. The Bertz CT molecular complexity index is 666. The molecule has 1 N–H and O–H groups in total. The summed E-state index contributed by atoms with van der Waals surface area (Å²) in [6, 6.07) is 6.02. The molecule has 1 saturated heterocycles. The average Bonchev–Trinajstić information content (AvgIpc) is 2.67. The van der Waals surface area contributed by atoms with Gasteiger partial charge in [0.15, 0.2) is 0 Å². The van der Waals surface area contributed by atoms with Gasteiger partial charge in [-0.1, -0.05) is 31.4 Å². The van der Waals surface area contributed by atoms with E-state index in [9.17, 15) is 14.3 Å². The Morgan fingerprint density at radius 2 is 1.82 bits per heavy atom. The minimum Gasteiger partial charge on any atom is -0.444 e. The number of ether oxygens (including phenoxy) is 2. The number of nitrogens with zero attached hydrogens (tertiary/aromatic N) is 1. The van der Waals surface area contributed by atoms with Crippen molar-refractivity contribution < 1.29 is 23.8 Å². The maximum absolute atomic E-state index is 13.5. The Labute approximate surface area is 166 Å².